The predicted octanol–water partition coefficient (Wildman–Crippen LogP) is 0.564. The smallest absolute Gasteiger partial charge is 0.282 e. The molecule has 0 radical (unpaired) electrons. The second-order valence-electron chi connectivity index (χ2n) is 4.94. The van der Waals surface area contributed by atoms with Crippen LogP contribution in [0.2, 0.25) is 0 Å². The van der Waals surface area contributed by atoms with Gasteiger partial charge < -0.3 is 16.9 Å². The minimum atomic E-state index is -3.43. The Morgan fingerprint density at radius 3 is 2.62 bits per heavy atom. The van der Waals surface area contributed by atoms with Gasteiger partial charge in [-0.1, -0.05) is 23.3 Å². The molecule has 0 saturated carbocycles. The number of carbonyl (C=O) groups excluding carboxylic acids is 2. The summed E-state index contributed by atoms with van der Waals surface area (Å²) in [4.78, 5) is 27.9. The highest BCUT2D eigenvalue weighted by Gasteiger charge is 2.33. The molecule has 2 atom stereocenters. The van der Waals surface area contributed by atoms with Crippen molar-refractivity contribution in [3.05, 3.63) is 24.3 Å². The number of sulfone groups is 1. The molecule has 1 rings (SSSR count). The molecule has 0 fully saturated rings. The highest BCUT2D eigenvalue weighted by molar-refractivity contribution is 8.11. The molecule has 1 aromatic rings. The first-order valence-corrected chi connectivity index (χ1v) is 10.3. The third-order valence-corrected chi connectivity index (χ3v) is 5.32. The van der Waals surface area contributed by atoms with Gasteiger partial charge in [-0.15, -0.1) is 11.8 Å². The molecule has 10 nitrogen and oxygen atoms in total. The van der Waals surface area contributed by atoms with Gasteiger partial charge in [0.15, 0.2) is 15.8 Å². The first-order chi connectivity index (χ1) is 12.3. The van der Waals surface area contributed by atoms with Crippen LogP contribution in [0.5, 0.6) is 0 Å². The van der Waals surface area contributed by atoms with Crippen LogP contribution in [-0.2, 0) is 19.4 Å². The minimum absolute atomic E-state index is 0.0657. The molecule has 1 aromatic carbocycles. The van der Waals surface area contributed by atoms with Gasteiger partial charge in [0, 0.05) is 5.69 Å². The standard InChI is InChI=1S/C14H20N6O4S2/c1-3-26(23,24)10-6-4-5-9(7-10)18-13(17-8-25-2)11(12(15)21)14(22)19-20-16/h4-8,11,13,18H,3H2,1-2H3,(H2,15,21)(H2,16,19,22)/b17-8+. The van der Waals surface area contributed by atoms with Gasteiger partial charge >= 0.3 is 0 Å². The molecule has 0 heterocycles. The zero-order valence-corrected chi connectivity index (χ0v) is 15.8. The number of nitrogens with zero attached hydrogens (tertiary/aromatic N) is 3. The largest absolute Gasteiger partial charge is 0.369 e. The van der Waals surface area contributed by atoms with Gasteiger partial charge in [0.1, 0.15) is 6.17 Å². The first kappa shape index (κ1) is 21.6. The lowest BCUT2D eigenvalue weighted by Gasteiger charge is -2.21. The summed E-state index contributed by atoms with van der Waals surface area (Å²) in [6.07, 6.45) is 0.618. The van der Waals surface area contributed by atoms with Crippen molar-refractivity contribution in [2.24, 2.45) is 32.8 Å². The van der Waals surface area contributed by atoms with Gasteiger partial charge in [-0.2, -0.15) is 0 Å². The Labute approximate surface area is 155 Å². The van der Waals surface area contributed by atoms with E-state index >= 15 is 0 Å². The zero-order chi connectivity index (χ0) is 19.7. The lowest BCUT2D eigenvalue weighted by molar-refractivity contribution is -0.132. The van der Waals surface area contributed by atoms with E-state index < -0.39 is 33.7 Å². The van der Waals surface area contributed by atoms with Crippen LogP contribution in [0.15, 0.2) is 44.5 Å². The van der Waals surface area contributed by atoms with Gasteiger partial charge in [0.25, 0.3) is 5.91 Å². The van der Waals surface area contributed by atoms with Crippen molar-refractivity contribution in [1.29, 1.82) is 0 Å². The summed E-state index contributed by atoms with van der Waals surface area (Å²) in [5, 5.41) is 8.83. The monoisotopic (exact) mass is 400 g/mol. The molecule has 26 heavy (non-hydrogen) atoms. The molecule has 2 amide bonds. The number of nitrogens with two attached hydrogens (primary N) is 2. The number of hydrogen-bond donors (Lipinski definition) is 3. The van der Waals surface area contributed by atoms with Crippen LogP contribution >= 0.6 is 11.8 Å². The maximum absolute atomic E-state index is 12.0. The second kappa shape index (κ2) is 9.87. The highest BCUT2D eigenvalue weighted by atomic mass is 32.2. The topological polar surface area (TPSA) is 169 Å². The van der Waals surface area contributed by atoms with Gasteiger partial charge in [0.2, 0.25) is 5.91 Å². The molecule has 12 heteroatoms. The number of amides is 2. The molecule has 0 saturated heterocycles. The van der Waals surface area contributed by atoms with Crippen LogP contribution in [0.3, 0.4) is 0 Å². The molecular weight excluding hydrogens is 380 g/mol. The number of thioether (sulfide) groups is 1. The average molecular weight is 400 g/mol. The van der Waals surface area contributed by atoms with E-state index in [9.17, 15) is 18.0 Å². The number of benzene rings is 1. The summed E-state index contributed by atoms with van der Waals surface area (Å²) in [7, 11) is -3.43. The van der Waals surface area contributed by atoms with Gasteiger partial charge in [0.05, 0.1) is 16.2 Å². The lowest BCUT2D eigenvalue weighted by Crippen LogP contribution is -2.42. The Kier molecular flexibility index (Phi) is 8.19. The quantitative estimate of drug-likeness (QED) is 0.136. The maximum Gasteiger partial charge on any atom is 0.282 e. The normalized spacial score (nSPS) is 14.4. The average Bonchev–Trinajstić information content (AvgIpc) is 2.59. The SMILES string of the molecule is CCS(=O)(=O)c1cccc(NC(/N=C/SC)C(C(N)=O)C(=O)N=NN)c1. The fraction of sp³-hybridized carbons (Fsp3) is 0.357. The fourth-order valence-corrected chi connectivity index (χ4v) is 3.16. The molecular formula is C14H20N6O4S2. The van der Waals surface area contributed by atoms with E-state index in [-0.39, 0.29) is 10.6 Å². The van der Waals surface area contributed by atoms with E-state index in [0.29, 0.717) is 5.69 Å². The number of anilines is 1. The fourth-order valence-electron chi connectivity index (χ4n) is 1.98. The molecule has 0 aliphatic heterocycles. The van der Waals surface area contributed by atoms with Crippen molar-refractivity contribution in [3.63, 3.8) is 0 Å². The lowest BCUT2D eigenvalue weighted by atomic mass is 10.0. The molecule has 0 aliphatic rings. The van der Waals surface area contributed by atoms with E-state index in [4.69, 9.17) is 11.6 Å². The van der Waals surface area contributed by atoms with Crippen LogP contribution in [0.4, 0.5) is 5.69 Å². The van der Waals surface area contributed by atoms with Crippen molar-refractivity contribution < 1.29 is 18.0 Å². The van der Waals surface area contributed by atoms with Crippen molar-refractivity contribution in [3.8, 4) is 0 Å². The van der Waals surface area contributed by atoms with Crippen LogP contribution < -0.4 is 16.9 Å². The summed E-state index contributed by atoms with van der Waals surface area (Å²) < 4.78 is 24.0. The van der Waals surface area contributed by atoms with Crippen molar-refractivity contribution >= 4 is 44.6 Å². The number of primary amides is 1. The van der Waals surface area contributed by atoms with E-state index in [1.54, 1.807) is 12.3 Å². The summed E-state index contributed by atoms with van der Waals surface area (Å²) >= 11 is 1.24. The molecule has 142 valence electrons. The Hall–Kier alpha value is -2.47. The summed E-state index contributed by atoms with van der Waals surface area (Å²) in [6.45, 7) is 1.53. The number of rotatable bonds is 9. The third kappa shape index (κ3) is 5.81. The van der Waals surface area contributed by atoms with Crippen LogP contribution in [0, 0.1) is 5.92 Å². The van der Waals surface area contributed by atoms with Crippen molar-refractivity contribution in [2.75, 3.05) is 17.3 Å². The molecule has 0 aromatic heterocycles. The van der Waals surface area contributed by atoms with Crippen LogP contribution in [-0.4, -0.2) is 44.0 Å². The number of nitrogens with one attached hydrogen (secondary N) is 1. The molecule has 0 bridgehead atoms. The Morgan fingerprint density at radius 2 is 2.08 bits per heavy atom. The second-order valence-corrected chi connectivity index (χ2v) is 7.90. The number of carbonyl (C=O) groups is 2. The van der Waals surface area contributed by atoms with E-state index in [2.05, 4.69) is 20.6 Å². The first-order valence-electron chi connectivity index (χ1n) is 7.34. The Bertz CT molecular complexity index is 809. The van der Waals surface area contributed by atoms with E-state index in [0.717, 1.165) is 0 Å². The molecule has 0 spiro atoms. The minimum Gasteiger partial charge on any atom is -0.369 e. The van der Waals surface area contributed by atoms with E-state index in [1.165, 1.54) is 42.4 Å². The Morgan fingerprint density at radius 1 is 1.38 bits per heavy atom. The molecule has 5 N–H and O–H groups in total. The maximum atomic E-state index is 12.0. The van der Waals surface area contributed by atoms with Crippen LogP contribution in [0.1, 0.15) is 6.92 Å². The molecule has 2 unspecified atom stereocenters. The van der Waals surface area contributed by atoms with Gasteiger partial charge in [-0.05, 0) is 24.5 Å². The number of aliphatic imine (C=N–C) groups is 1. The Balaban J connectivity index is 3.27. The predicted molar refractivity (Wildman–Crippen MR) is 100 cm³/mol. The zero-order valence-electron chi connectivity index (χ0n) is 14.2. The summed E-state index contributed by atoms with van der Waals surface area (Å²) in [5.41, 5.74) is 7.05. The van der Waals surface area contributed by atoms with Gasteiger partial charge in [-0.3, -0.25) is 14.6 Å². The van der Waals surface area contributed by atoms with Gasteiger partial charge in [-0.25, -0.2) is 8.42 Å². The molecule has 0 aliphatic carbocycles. The van der Waals surface area contributed by atoms with Crippen molar-refractivity contribution in [1.82, 2.24) is 0 Å². The third-order valence-electron chi connectivity index (χ3n) is 3.26. The van der Waals surface area contributed by atoms with Crippen LogP contribution in [0.25, 0.3) is 0 Å². The summed E-state index contributed by atoms with van der Waals surface area (Å²) in [5.74, 6) is 1.38. The highest BCUT2D eigenvalue weighted by Crippen LogP contribution is 2.20. The number of hydrogen-bond acceptors (Lipinski definition) is 8. The van der Waals surface area contributed by atoms with E-state index in [1.807, 2.05) is 0 Å². The summed E-state index contributed by atoms with van der Waals surface area (Å²) in [6, 6.07) is 5.93. The van der Waals surface area contributed by atoms with Crippen molar-refractivity contribution in [2.45, 2.75) is 18.0 Å².